The van der Waals surface area contributed by atoms with E-state index in [0.29, 0.717) is 24.1 Å². The number of carbonyl (C=O) groups is 2. The van der Waals surface area contributed by atoms with Gasteiger partial charge in [0.25, 0.3) is 0 Å². The molecule has 3 aliphatic rings. The van der Waals surface area contributed by atoms with Gasteiger partial charge in [0.15, 0.2) is 11.6 Å². The quantitative estimate of drug-likeness (QED) is 0.511. The summed E-state index contributed by atoms with van der Waals surface area (Å²) in [6.07, 6.45) is 6.16. The number of hydrogen-bond acceptors (Lipinski definition) is 8. The van der Waals surface area contributed by atoms with Crippen LogP contribution in [0.2, 0.25) is 0 Å². The molecule has 10 heteroatoms. The lowest BCUT2D eigenvalue weighted by molar-refractivity contribution is -0.117. The SMILES string of the molecule is [2H]C([2H])([2H])CC(=O)c1cnc(NC(=O)C2CC2)cc1Nc1nccc2c1N(C)Cc1nn(C3CC3)nc1-2. The molecule has 0 atom stereocenters. The fraction of sp³-hybridized carbons (Fsp3) is 0.417. The zero-order chi connectivity index (χ0) is 25.9. The molecule has 174 valence electrons. The normalized spacial score (nSPS) is 18.3. The van der Waals surface area contributed by atoms with Crippen molar-refractivity contribution in [3.05, 3.63) is 35.8 Å². The highest BCUT2D eigenvalue weighted by molar-refractivity contribution is 6.03. The number of ketones is 1. The number of hydrogen-bond donors (Lipinski definition) is 2. The number of rotatable bonds is 7. The van der Waals surface area contributed by atoms with E-state index in [1.54, 1.807) is 17.1 Å². The lowest BCUT2D eigenvalue weighted by Crippen LogP contribution is -2.23. The summed E-state index contributed by atoms with van der Waals surface area (Å²) in [7, 11) is 1.93. The maximum absolute atomic E-state index is 12.9. The first-order valence-electron chi connectivity index (χ1n) is 12.9. The minimum atomic E-state index is -2.43. The summed E-state index contributed by atoms with van der Waals surface area (Å²) in [5.74, 6) is 0.0202. The van der Waals surface area contributed by atoms with Crippen LogP contribution in [0.25, 0.3) is 11.3 Å². The van der Waals surface area contributed by atoms with Gasteiger partial charge < -0.3 is 15.5 Å². The minimum Gasteiger partial charge on any atom is -0.365 e. The van der Waals surface area contributed by atoms with Crippen LogP contribution in [0.1, 0.15) is 65.2 Å². The Kier molecular flexibility index (Phi) is 4.09. The molecule has 0 spiro atoms. The first-order chi connectivity index (χ1) is 17.7. The molecule has 0 saturated heterocycles. The summed E-state index contributed by atoms with van der Waals surface area (Å²) < 4.78 is 22.6. The molecule has 2 aliphatic carbocycles. The molecule has 0 unspecified atom stereocenters. The van der Waals surface area contributed by atoms with Gasteiger partial charge in [0.2, 0.25) is 5.91 Å². The Morgan fingerprint density at radius 1 is 1.21 bits per heavy atom. The van der Waals surface area contributed by atoms with Crippen molar-refractivity contribution in [1.82, 2.24) is 25.0 Å². The van der Waals surface area contributed by atoms with Crippen molar-refractivity contribution in [1.29, 1.82) is 0 Å². The van der Waals surface area contributed by atoms with Crippen LogP contribution in [0.3, 0.4) is 0 Å². The number of fused-ring (bicyclic) bond motifs is 3. The van der Waals surface area contributed by atoms with Gasteiger partial charge in [0, 0.05) is 47.5 Å². The van der Waals surface area contributed by atoms with E-state index in [-0.39, 0.29) is 23.2 Å². The van der Waals surface area contributed by atoms with E-state index in [9.17, 15) is 9.59 Å². The lowest BCUT2D eigenvalue weighted by Gasteiger charge is -2.28. The molecular weight excluding hydrogens is 432 g/mol. The Morgan fingerprint density at radius 2 is 2.06 bits per heavy atom. The van der Waals surface area contributed by atoms with Crippen molar-refractivity contribution in [2.75, 3.05) is 22.6 Å². The number of pyridine rings is 2. The average molecular weight is 462 g/mol. The molecule has 6 rings (SSSR count). The Hall–Kier alpha value is -3.82. The van der Waals surface area contributed by atoms with E-state index in [0.717, 1.165) is 48.3 Å². The molecule has 1 aliphatic heterocycles. The largest absolute Gasteiger partial charge is 0.365 e. The van der Waals surface area contributed by atoms with Crippen molar-refractivity contribution < 1.29 is 13.7 Å². The molecule has 2 saturated carbocycles. The topological polar surface area (TPSA) is 118 Å². The van der Waals surface area contributed by atoms with Crippen LogP contribution in [0.4, 0.5) is 23.0 Å². The summed E-state index contributed by atoms with van der Waals surface area (Å²) in [6, 6.07) is 3.79. The second-order valence-corrected chi connectivity index (χ2v) is 9.06. The fourth-order valence-corrected chi connectivity index (χ4v) is 4.21. The summed E-state index contributed by atoms with van der Waals surface area (Å²) in [5.41, 5.74) is 3.76. The van der Waals surface area contributed by atoms with Gasteiger partial charge in [-0.1, -0.05) is 6.85 Å². The molecular formula is C24H26N8O2. The van der Waals surface area contributed by atoms with E-state index >= 15 is 0 Å². The molecule has 4 heterocycles. The number of carbonyl (C=O) groups excluding carboxylic acids is 2. The zero-order valence-corrected chi connectivity index (χ0v) is 18.7. The van der Waals surface area contributed by atoms with Crippen LogP contribution in [-0.2, 0) is 11.3 Å². The Morgan fingerprint density at radius 3 is 2.82 bits per heavy atom. The summed E-state index contributed by atoms with van der Waals surface area (Å²) in [5, 5.41) is 15.4. The predicted molar refractivity (Wildman–Crippen MR) is 127 cm³/mol. The van der Waals surface area contributed by atoms with Crippen molar-refractivity contribution in [2.24, 2.45) is 5.92 Å². The highest BCUT2D eigenvalue weighted by Crippen LogP contribution is 2.43. The molecule has 0 bridgehead atoms. The standard InChI is InChI=1S/C24H26N8O2/c1-3-19(33)16-11-26-20(28-24(34)13-4-5-13)10-17(16)27-23-22-15(8-9-25-23)21-18(12-31(22)2)29-32(30-21)14-6-7-14/h8-11,13-14H,3-7,12H2,1-2H3,(H2,25,26,27,28,34)/i1D3. The van der Waals surface area contributed by atoms with Gasteiger partial charge in [-0.15, -0.1) is 0 Å². The summed E-state index contributed by atoms with van der Waals surface area (Å²) in [4.78, 5) is 37.8. The molecule has 0 radical (unpaired) electrons. The molecule has 3 aromatic rings. The van der Waals surface area contributed by atoms with Gasteiger partial charge >= 0.3 is 0 Å². The maximum atomic E-state index is 12.9. The van der Waals surface area contributed by atoms with Crippen molar-refractivity contribution in [2.45, 2.75) is 51.5 Å². The van der Waals surface area contributed by atoms with E-state index in [1.165, 1.54) is 6.20 Å². The number of aromatic nitrogens is 5. The van der Waals surface area contributed by atoms with Crippen LogP contribution in [0.15, 0.2) is 24.5 Å². The third-order valence-corrected chi connectivity index (χ3v) is 6.34. The second-order valence-electron chi connectivity index (χ2n) is 9.06. The summed E-state index contributed by atoms with van der Waals surface area (Å²) >= 11 is 0. The van der Waals surface area contributed by atoms with Crippen LogP contribution >= 0.6 is 0 Å². The Balaban J connectivity index is 1.38. The smallest absolute Gasteiger partial charge is 0.228 e. The monoisotopic (exact) mass is 461 g/mol. The Labute approximate surface area is 201 Å². The molecule has 1 amide bonds. The molecule has 2 N–H and O–H groups in total. The fourth-order valence-electron chi connectivity index (χ4n) is 4.21. The molecule has 0 aromatic carbocycles. The van der Waals surface area contributed by atoms with E-state index in [2.05, 4.69) is 25.7 Å². The van der Waals surface area contributed by atoms with Gasteiger partial charge in [-0.05, 0) is 31.7 Å². The third kappa shape index (κ3) is 3.68. The number of anilines is 4. The van der Waals surface area contributed by atoms with Crippen LogP contribution in [-0.4, -0.2) is 43.7 Å². The van der Waals surface area contributed by atoms with Gasteiger partial charge in [0.1, 0.15) is 17.2 Å². The summed E-state index contributed by atoms with van der Waals surface area (Å²) in [6.45, 7) is -1.89. The van der Waals surface area contributed by atoms with Crippen molar-refractivity contribution >= 4 is 34.7 Å². The average Bonchev–Trinajstić information content (AvgIpc) is 3.75. The van der Waals surface area contributed by atoms with Gasteiger partial charge in [-0.25, -0.2) is 9.97 Å². The Bertz CT molecular complexity index is 1410. The molecule has 34 heavy (non-hydrogen) atoms. The van der Waals surface area contributed by atoms with Crippen LogP contribution in [0, 0.1) is 5.92 Å². The number of Topliss-reactive ketones (excluding diaryl/α,β-unsaturated/α-hetero) is 1. The van der Waals surface area contributed by atoms with Gasteiger partial charge in [0.05, 0.1) is 29.5 Å². The van der Waals surface area contributed by atoms with Gasteiger partial charge in [-0.3, -0.25) is 9.59 Å². The second kappa shape index (κ2) is 7.89. The number of nitrogens with zero attached hydrogens (tertiary/aromatic N) is 6. The highest BCUT2D eigenvalue weighted by atomic mass is 16.2. The lowest BCUT2D eigenvalue weighted by atomic mass is 10.0. The van der Waals surface area contributed by atoms with Crippen molar-refractivity contribution in [3.8, 4) is 11.3 Å². The molecule has 2 fully saturated rings. The van der Waals surface area contributed by atoms with Crippen molar-refractivity contribution in [3.63, 3.8) is 0 Å². The number of nitrogens with one attached hydrogen (secondary N) is 2. The highest BCUT2D eigenvalue weighted by Gasteiger charge is 2.33. The van der Waals surface area contributed by atoms with Crippen LogP contribution in [0.5, 0.6) is 0 Å². The van der Waals surface area contributed by atoms with Gasteiger partial charge in [-0.2, -0.15) is 15.0 Å². The maximum Gasteiger partial charge on any atom is 0.228 e. The first-order valence-corrected chi connectivity index (χ1v) is 11.4. The predicted octanol–water partition coefficient (Wildman–Crippen LogP) is 3.70. The van der Waals surface area contributed by atoms with E-state index < -0.39 is 19.1 Å². The third-order valence-electron chi connectivity index (χ3n) is 6.34. The molecule has 10 nitrogen and oxygen atoms in total. The van der Waals surface area contributed by atoms with Crippen LogP contribution < -0.4 is 15.5 Å². The molecule has 3 aromatic heterocycles. The first kappa shape index (κ1) is 17.6. The van der Waals surface area contributed by atoms with E-state index in [4.69, 9.17) is 9.21 Å². The number of amides is 1. The van der Waals surface area contributed by atoms with E-state index in [1.807, 2.05) is 18.0 Å². The zero-order valence-electron chi connectivity index (χ0n) is 21.7. The minimum absolute atomic E-state index is 0.0233.